The summed E-state index contributed by atoms with van der Waals surface area (Å²) in [6.07, 6.45) is -0.767. The SMILES string of the molecule is CS[C@H]1O[C@H](COC(C)=O)[C@@H](OCc2ccccc2)[C@H](OC(C)=O)[C@@H]1OCc1ccccc1. The van der Waals surface area contributed by atoms with Crippen LogP contribution in [0, 0.1) is 0 Å². The van der Waals surface area contributed by atoms with Crippen LogP contribution in [-0.4, -0.2) is 54.7 Å². The number of carbonyl (C=O) groups excluding carboxylic acids is 2. The molecule has 1 saturated heterocycles. The third-order valence-corrected chi connectivity index (χ3v) is 5.99. The molecule has 1 fully saturated rings. The summed E-state index contributed by atoms with van der Waals surface area (Å²) in [6.45, 7) is 3.27. The first-order valence-corrected chi connectivity index (χ1v) is 12.1. The molecule has 1 aliphatic heterocycles. The molecule has 8 heteroatoms. The van der Waals surface area contributed by atoms with Gasteiger partial charge in [-0.25, -0.2) is 0 Å². The molecule has 0 aromatic heterocycles. The minimum absolute atomic E-state index is 0.0188. The Labute approximate surface area is 198 Å². The standard InChI is InChI=1S/C25H30O7S/c1-17(26)28-16-21-22(29-14-19-10-6-4-7-11-19)23(31-18(2)27)24(25(32-21)33-3)30-15-20-12-8-5-9-13-20/h4-13,21-25H,14-16H2,1-3H3/t21-,22-,23+,24+,25-/m1/s1. The normalized spacial score (nSPS) is 24.8. The van der Waals surface area contributed by atoms with E-state index in [4.69, 9.17) is 23.7 Å². The molecular weight excluding hydrogens is 444 g/mol. The van der Waals surface area contributed by atoms with Gasteiger partial charge >= 0.3 is 11.9 Å². The number of carbonyl (C=O) groups is 2. The Kier molecular flexibility index (Phi) is 9.75. The van der Waals surface area contributed by atoms with Gasteiger partial charge in [0.05, 0.1) is 13.2 Å². The quantitative estimate of drug-likeness (QED) is 0.482. The molecule has 0 bridgehead atoms. The van der Waals surface area contributed by atoms with E-state index in [1.54, 1.807) is 0 Å². The molecule has 1 aliphatic rings. The monoisotopic (exact) mass is 474 g/mol. The van der Waals surface area contributed by atoms with Gasteiger partial charge in [0, 0.05) is 13.8 Å². The molecule has 0 amide bonds. The van der Waals surface area contributed by atoms with E-state index >= 15 is 0 Å². The largest absolute Gasteiger partial charge is 0.463 e. The average molecular weight is 475 g/mol. The van der Waals surface area contributed by atoms with Crippen molar-refractivity contribution in [3.63, 3.8) is 0 Å². The maximum absolute atomic E-state index is 12.1. The highest BCUT2D eigenvalue weighted by atomic mass is 32.2. The molecule has 0 radical (unpaired) electrons. The predicted molar refractivity (Wildman–Crippen MR) is 124 cm³/mol. The zero-order chi connectivity index (χ0) is 23.6. The highest BCUT2D eigenvalue weighted by Gasteiger charge is 2.49. The van der Waals surface area contributed by atoms with Crippen molar-refractivity contribution in [1.29, 1.82) is 0 Å². The number of esters is 2. The van der Waals surface area contributed by atoms with Crippen LogP contribution in [0.25, 0.3) is 0 Å². The maximum Gasteiger partial charge on any atom is 0.303 e. The molecule has 7 nitrogen and oxygen atoms in total. The van der Waals surface area contributed by atoms with E-state index in [0.29, 0.717) is 6.61 Å². The number of benzene rings is 2. The Morgan fingerprint density at radius 3 is 1.85 bits per heavy atom. The predicted octanol–water partition coefficient (Wildman–Crippen LogP) is 3.74. The van der Waals surface area contributed by atoms with Crippen molar-refractivity contribution in [3.05, 3.63) is 71.8 Å². The zero-order valence-corrected chi connectivity index (χ0v) is 19.9. The van der Waals surface area contributed by atoms with Gasteiger partial charge in [0.15, 0.2) is 6.10 Å². The first kappa shape index (κ1) is 25.2. The van der Waals surface area contributed by atoms with Gasteiger partial charge in [0.25, 0.3) is 0 Å². The maximum atomic E-state index is 12.1. The summed E-state index contributed by atoms with van der Waals surface area (Å²) in [4.78, 5) is 23.5. The first-order valence-electron chi connectivity index (χ1n) is 10.8. The zero-order valence-electron chi connectivity index (χ0n) is 19.0. The Balaban J connectivity index is 1.84. The highest BCUT2D eigenvalue weighted by molar-refractivity contribution is 7.99. The molecule has 2 aromatic rings. The van der Waals surface area contributed by atoms with Gasteiger partial charge < -0.3 is 23.7 Å². The van der Waals surface area contributed by atoms with E-state index in [0.717, 1.165) is 11.1 Å². The van der Waals surface area contributed by atoms with Crippen molar-refractivity contribution in [3.8, 4) is 0 Å². The highest BCUT2D eigenvalue weighted by Crippen LogP contribution is 2.34. The van der Waals surface area contributed by atoms with Gasteiger partial charge in [-0.1, -0.05) is 60.7 Å². The Bertz CT molecular complexity index is 877. The molecule has 5 atom stereocenters. The first-order chi connectivity index (χ1) is 16.0. The summed E-state index contributed by atoms with van der Waals surface area (Å²) in [5.74, 6) is -0.873. The van der Waals surface area contributed by atoms with Crippen LogP contribution in [0.5, 0.6) is 0 Å². The van der Waals surface area contributed by atoms with E-state index in [1.165, 1.54) is 25.6 Å². The van der Waals surface area contributed by atoms with Gasteiger partial charge in [0.2, 0.25) is 0 Å². The Morgan fingerprint density at radius 1 is 0.818 bits per heavy atom. The topological polar surface area (TPSA) is 80.3 Å². The fourth-order valence-corrected chi connectivity index (χ4v) is 4.39. The van der Waals surface area contributed by atoms with Crippen molar-refractivity contribution in [1.82, 2.24) is 0 Å². The van der Waals surface area contributed by atoms with Crippen LogP contribution in [0.3, 0.4) is 0 Å². The van der Waals surface area contributed by atoms with Crippen LogP contribution in [-0.2, 0) is 46.5 Å². The van der Waals surface area contributed by atoms with Gasteiger partial charge in [0.1, 0.15) is 30.4 Å². The third kappa shape index (κ3) is 7.57. The summed E-state index contributed by atoms with van der Waals surface area (Å²) >= 11 is 1.44. The molecule has 3 rings (SSSR count). The second-order valence-electron chi connectivity index (χ2n) is 7.68. The van der Waals surface area contributed by atoms with Crippen molar-refractivity contribution >= 4 is 23.7 Å². The molecule has 0 unspecified atom stereocenters. The fourth-order valence-electron chi connectivity index (χ4n) is 3.64. The molecular formula is C25H30O7S. The van der Waals surface area contributed by atoms with E-state index in [-0.39, 0.29) is 13.2 Å². The second-order valence-corrected chi connectivity index (χ2v) is 8.61. The summed E-state index contributed by atoms with van der Waals surface area (Å²) in [7, 11) is 0. The summed E-state index contributed by atoms with van der Waals surface area (Å²) in [5, 5.41) is 0. The number of hydrogen-bond acceptors (Lipinski definition) is 8. The van der Waals surface area contributed by atoms with Crippen LogP contribution < -0.4 is 0 Å². The van der Waals surface area contributed by atoms with Gasteiger partial charge in [-0.15, -0.1) is 11.8 Å². The van der Waals surface area contributed by atoms with E-state index in [9.17, 15) is 9.59 Å². The number of hydrogen-bond donors (Lipinski definition) is 0. The van der Waals surface area contributed by atoms with Crippen LogP contribution in [0.2, 0.25) is 0 Å². The lowest BCUT2D eigenvalue weighted by molar-refractivity contribution is -0.246. The van der Waals surface area contributed by atoms with Gasteiger partial charge in [-0.3, -0.25) is 9.59 Å². The fraction of sp³-hybridized carbons (Fsp3) is 0.440. The van der Waals surface area contributed by atoms with Crippen molar-refractivity contribution in [2.45, 2.75) is 56.9 Å². The second kappa shape index (κ2) is 12.7. The van der Waals surface area contributed by atoms with Crippen LogP contribution >= 0.6 is 11.8 Å². The van der Waals surface area contributed by atoms with Gasteiger partial charge in [-0.05, 0) is 17.4 Å². The minimum Gasteiger partial charge on any atom is -0.463 e. The Hall–Kier alpha value is -2.39. The summed E-state index contributed by atoms with van der Waals surface area (Å²) in [5.41, 5.74) is 1.50. The number of thioether (sulfide) groups is 1. The van der Waals surface area contributed by atoms with Gasteiger partial charge in [-0.2, -0.15) is 0 Å². The minimum atomic E-state index is -0.748. The van der Waals surface area contributed by atoms with Crippen LogP contribution in [0.4, 0.5) is 0 Å². The van der Waals surface area contributed by atoms with E-state index in [2.05, 4.69) is 0 Å². The lowest BCUT2D eigenvalue weighted by atomic mass is 9.99. The van der Waals surface area contributed by atoms with Crippen molar-refractivity contribution in [2.75, 3.05) is 12.9 Å². The van der Waals surface area contributed by atoms with E-state index < -0.39 is 41.8 Å². The molecule has 0 N–H and O–H groups in total. The van der Waals surface area contributed by atoms with E-state index in [1.807, 2.05) is 66.9 Å². The number of rotatable bonds is 10. The smallest absolute Gasteiger partial charge is 0.303 e. The molecule has 2 aromatic carbocycles. The van der Waals surface area contributed by atoms with Crippen molar-refractivity contribution in [2.24, 2.45) is 0 Å². The molecule has 0 aliphatic carbocycles. The molecule has 0 spiro atoms. The summed E-state index contributed by atoms with van der Waals surface area (Å²) < 4.78 is 29.7. The lowest BCUT2D eigenvalue weighted by Crippen LogP contribution is -2.60. The van der Waals surface area contributed by atoms with Crippen LogP contribution in [0.15, 0.2) is 60.7 Å². The average Bonchev–Trinajstić information content (AvgIpc) is 2.81. The number of ether oxygens (including phenoxy) is 5. The summed E-state index contributed by atoms with van der Waals surface area (Å²) in [6, 6.07) is 19.4. The lowest BCUT2D eigenvalue weighted by Gasteiger charge is -2.45. The molecule has 0 saturated carbocycles. The van der Waals surface area contributed by atoms with Crippen LogP contribution in [0.1, 0.15) is 25.0 Å². The third-order valence-electron chi connectivity index (χ3n) is 5.15. The Morgan fingerprint density at radius 2 is 1.36 bits per heavy atom. The molecule has 1 heterocycles. The molecule has 178 valence electrons. The van der Waals surface area contributed by atoms with Crippen molar-refractivity contribution < 1.29 is 33.3 Å². The molecule has 33 heavy (non-hydrogen) atoms.